The van der Waals surface area contributed by atoms with Crippen LogP contribution in [-0.2, 0) is 0 Å². The van der Waals surface area contributed by atoms with Crippen molar-refractivity contribution < 1.29 is 9.53 Å². The van der Waals surface area contributed by atoms with Gasteiger partial charge >= 0.3 is 0 Å². The lowest BCUT2D eigenvalue weighted by atomic mass is 10.1. The van der Waals surface area contributed by atoms with Gasteiger partial charge in [-0.2, -0.15) is 0 Å². The van der Waals surface area contributed by atoms with E-state index in [1.165, 1.54) is 11.3 Å². The van der Waals surface area contributed by atoms with E-state index in [1.54, 1.807) is 0 Å². The first-order valence-corrected chi connectivity index (χ1v) is 9.99. The molecule has 2 heterocycles. The first-order valence-electron chi connectivity index (χ1n) is 8.79. The molecule has 1 aliphatic rings. The largest absolute Gasteiger partial charge is 0.490 e. The summed E-state index contributed by atoms with van der Waals surface area (Å²) in [7, 11) is 0. The van der Waals surface area contributed by atoms with Crippen molar-refractivity contribution in [1.82, 2.24) is 15.1 Å². The fourth-order valence-electron chi connectivity index (χ4n) is 3.02. The van der Waals surface area contributed by atoms with Gasteiger partial charge in [-0.3, -0.25) is 4.79 Å². The first kappa shape index (κ1) is 17.9. The number of carbonyl (C=O) groups excluding carboxylic acids is 1. The third kappa shape index (κ3) is 4.28. The molecule has 4 rings (SSSR count). The number of ether oxygens (including phenoxy) is 1. The number of halogens is 1. The van der Waals surface area contributed by atoms with Crippen LogP contribution < -0.4 is 4.74 Å². The van der Waals surface area contributed by atoms with Crippen LogP contribution in [0.3, 0.4) is 0 Å². The molecule has 0 spiro atoms. The van der Waals surface area contributed by atoms with Gasteiger partial charge in [-0.1, -0.05) is 53.3 Å². The maximum atomic E-state index is 12.7. The Morgan fingerprint density at radius 3 is 2.44 bits per heavy atom. The highest BCUT2D eigenvalue weighted by atomic mass is 35.5. The summed E-state index contributed by atoms with van der Waals surface area (Å²) in [6.07, 6.45) is 1.68. The van der Waals surface area contributed by atoms with Crippen molar-refractivity contribution in [2.75, 3.05) is 13.1 Å². The van der Waals surface area contributed by atoms with Crippen LogP contribution in [0.4, 0.5) is 0 Å². The van der Waals surface area contributed by atoms with Gasteiger partial charge in [0, 0.05) is 36.5 Å². The summed E-state index contributed by atoms with van der Waals surface area (Å²) < 4.78 is 5.98. The van der Waals surface area contributed by atoms with Crippen molar-refractivity contribution in [1.29, 1.82) is 0 Å². The standard InChI is InChI=1S/C20H18ClN3O2S/c21-15-6-8-16(9-7-15)26-17-10-12-24(13-11-17)20(25)19-23-22-18(27-19)14-4-2-1-3-5-14/h1-9,17H,10-13H2. The molecule has 1 saturated heterocycles. The molecule has 27 heavy (non-hydrogen) atoms. The molecule has 1 aromatic heterocycles. The Labute approximate surface area is 166 Å². The molecular formula is C20H18ClN3O2S. The van der Waals surface area contributed by atoms with E-state index in [2.05, 4.69) is 10.2 Å². The number of aromatic nitrogens is 2. The van der Waals surface area contributed by atoms with Gasteiger partial charge < -0.3 is 9.64 Å². The van der Waals surface area contributed by atoms with Crippen molar-refractivity contribution in [2.24, 2.45) is 0 Å². The van der Waals surface area contributed by atoms with E-state index in [1.807, 2.05) is 59.5 Å². The molecule has 3 aromatic rings. The van der Waals surface area contributed by atoms with Crippen LogP contribution in [0.2, 0.25) is 5.02 Å². The molecule has 1 aliphatic heterocycles. The van der Waals surface area contributed by atoms with Gasteiger partial charge in [0.2, 0.25) is 5.01 Å². The van der Waals surface area contributed by atoms with Crippen LogP contribution in [-0.4, -0.2) is 40.2 Å². The molecule has 0 radical (unpaired) electrons. The summed E-state index contributed by atoms with van der Waals surface area (Å²) >= 11 is 7.23. The average Bonchev–Trinajstić information content (AvgIpc) is 3.21. The van der Waals surface area contributed by atoms with Crippen molar-refractivity contribution in [3.8, 4) is 16.3 Å². The molecule has 0 saturated carbocycles. The van der Waals surface area contributed by atoms with Crippen LogP contribution in [0.1, 0.15) is 22.6 Å². The van der Waals surface area contributed by atoms with Gasteiger partial charge in [-0.25, -0.2) is 0 Å². The zero-order valence-electron chi connectivity index (χ0n) is 14.5. The van der Waals surface area contributed by atoms with Crippen LogP contribution in [0.5, 0.6) is 5.75 Å². The Bertz CT molecular complexity index is 906. The quantitative estimate of drug-likeness (QED) is 0.646. The third-order valence-electron chi connectivity index (χ3n) is 4.47. The zero-order valence-corrected chi connectivity index (χ0v) is 16.1. The van der Waals surface area contributed by atoms with Crippen molar-refractivity contribution >= 4 is 28.8 Å². The zero-order chi connectivity index (χ0) is 18.6. The second-order valence-electron chi connectivity index (χ2n) is 6.34. The predicted octanol–water partition coefficient (Wildman–Crippen LogP) is 4.54. The maximum absolute atomic E-state index is 12.7. The monoisotopic (exact) mass is 399 g/mol. The lowest BCUT2D eigenvalue weighted by Crippen LogP contribution is -2.41. The normalized spacial score (nSPS) is 14.9. The number of hydrogen-bond acceptors (Lipinski definition) is 5. The summed E-state index contributed by atoms with van der Waals surface area (Å²) in [6.45, 7) is 1.30. The molecule has 0 unspecified atom stereocenters. The summed E-state index contributed by atoms with van der Waals surface area (Å²) in [6, 6.07) is 17.1. The minimum Gasteiger partial charge on any atom is -0.490 e. The minimum absolute atomic E-state index is 0.0559. The van der Waals surface area contributed by atoms with Gasteiger partial charge in [-0.05, 0) is 24.3 Å². The van der Waals surface area contributed by atoms with Gasteiger partial charge in [0.25, 0.3) is 5.91 Å². The van der Waals surface area contributed by atoms with E-state index in [0.29, 0.717) is 23.1 Å². The fourth-order valence-corrected chi connectivity index (χ4v) is 3.97. The summed E-state index contributed by atoms with van der Waals surface area (Å²) in [5.74, 6) is 0.750. The Morgan fingerprint density at radius 1 is 1.04 bits per heavy atom. The number of hydrogen-bond donors (Lipinski definition) is 0. The molecule has 0 N–H and O–H groups in total. The van der Waals surface area contributed by atoms with Gasteiger partial charge in [0.05, 0.1) is 0 Å². The van der Waals surface area contributed by atoms with E-state index < -0.39 is 0 Å². The second-order valence-corrected chi connectivity index (χ2v) is 7.76. The molecule has 7 heteroatoms. The van der Waals surface area contributed by atoms with Gasteiger partial charge in [0.1, 0.15) is 16.9 Å². The Kier molecular flexibility index (Phi) is 5.36. The van der Waals surface area contributed by atoms with E-state index >= 15 is 0 Å². The molecule has 0 bridgehead atoms. The second kappa shape index (κ2) is 8.06. The van der Waals surface area contributed by atoms with Crippen molar-refractivity contribution in [3.05, 3.63) is 64.6 Å². The Balaban J connectivity index is 1.35. The Morgan fingerprint density at radius 2 is 1.74 bits per heavy atom. The molecule has 1 amide bonds. The highest BCUT2D eigenvalue weighted by molar-refractivity contribution is 7.16. The van der Waals surface area contributed by atoms with Crippen molar-refractivity contribution in [3.63, 3.8) is 0 Å². The number of carbonyl (C=O) groups is 1. The minimum atomic E-state index is -0.0559. The Hall–Kier alpha value is -2.44. The highest BCUT2D eigenvalue weighted by Gasteiger charge is 2.27. The molecule has 2 aromatic carbocycles. The molecular weight excluding hydrogens is 382 g/mol. The number of amides is 1. The van der Waals surface area contributed by atoms with E-state index in [9.17, 15) is 4.79 Å². The summed E-state index contributed by atoms with van der Waals surface area (Å²) in [5.41, 5.74) is 0.976. The number of likely N-dealkylation sites (tertiary alicyclic amines) is 1. The van der Waals surface area contributed by atoms with E-state index in [-0.39, 0.29) is 12.0 Å². The van der Waals surface area contributed by atoms with Crippen molar-refractivity contribution in [2.45, 2.75) is 18.9 Å². The van der Waals surface area contributed by atoms with Gasteiger partial charge in [0.15, 0.2) is 0 Å². The maximum Gasteiger partial charge on any atom is 0.284 e. The van der Waals surface area contributed by atoms with E-state index in [4.69, 9.17) is 16.3 Å². The summed E-state index contributed by atoms with van der Waals surface area (Å²) in [4.78, 5) is 14.6. The SMILES string of the molecule is O=C(c1nnc(-c2ccccc2)s1)N1CCC(Oc2ccc(Cl)cc2)CC1. The number of nitrogens with zero attached hydrogens (tertiary/aromatic N) is 3. The first-order chi connectivity index (χ1) is 13.2. The highest BCUT2D eigenvalue weighted by Crippen LogP contribution is 2.26. The predicted molar refractivity (Wildman–Crippen MR) is 106 cm³/mol. The molecule has 5 nitrogen and oxygen atoms in total. The molecule has 0 aliphatic carbocycles. The fraction of sp³-hybridized carbons (Fsp3) is 0.250. The number of piperidine rings is 1. The number of rotatable bonds is 4. The topological polar surface area (TPSA) is 55.3 Å². The van der Waals surface area contributed by atoms with Gasteiger partial charge in [-0.15, -0.1) is 10.2 Å². The van der Waals surface area contributed by atoms with E-state index in [0.717, 1.165) is 29.2 Å². The molecule has 0 atom stereocenters. The van der Waals surface area contributed by atoms with Crippen LogP contribution in [0, 0.1) is 0 Å². The summed E-state index contributed by atoms with van der Waals surface area (Å²) in [5, 5.41) is 10.2. The number of benzene rings is 2. The van der Waals surface area contributed by atoms with Crippen LogP contribution in [0.25, 0.3) is 10.6 Å². The van der Waals surface area contributed by atoms with Crippen LogP contribution >= 0.6 is 22.9 Å². The third-order valence-corrected chi connectivity index (χ3v) is 5.69. The van der Waals surface area contributed by atoms with Crippen LogP contribution in [0.15, 0.2) is 54.6 Å². The average molecular weight is 400 g/mol. The molecule has 1 fully saturated rings. The lowest BCUT2D eigenvalue weighted by molar-refractivity contribution is 0.0594. The smallest absolute Gasteiger partial charge is 0.284 e. The lowest BCUT2D eigenvalue weighted by Gasteiger charge is -2.31. The molecule has 138 valence electrons.